The van der Waals surface area contributed by atoms with Crippen molar-refractivity contribution in [3.63, 3.8) is 0 Å². The zero-order valence-corrected chi connectivity index (χ0v) is 13.1. The molecule has 0 spiro atoms. The van der Waals surface area contributed by atoms with Crippen LogP contribution in [0.2, 0.25) is 0 Å². The molecule has 0 bridgehead atoms. The van der Waals surface area contributed by atoms with Gasteiger partial charge in [-0.05, 0) is 24.3 Å². The normalized spacial score (nSPS) is 16.7. The quantitative estimate of drug-likeness (QED) is 0.620. The molecule has 1 fully saturated rings. The van der Waals surface area contributed by atoms with Crippen molar-refractivity contribution in [1.82, 2.24) is 10.2 Å². The van der Waals surface area contributed by atoms with Crippen molar-refractivity contribution < 1.29 is 19.5 Å². The summed E-state index contributed by atoms with van der Waals surface area (Å²) < 4.78 is 0. The van der Waals surface area contributed by atoms with Crippen LogP contribution in [0.15, 0.2) is 17.5 Å². The summed E-state index contributed by atoms with van der Waals surface area (Å²) in [6.45, 7) is 0.743. The predicted molar refractivity (Wildman–Crippen MR) is 82.7 cm³/mol. The zero-order valence-electron chi connectivity index (χ0n) is 12.3. The fraction of sp³-hybridized carbons (Fsp3) is 0.533. The van der Waals surface area contributed by atoms with Crippen LogP contribution >= 0.6 is 11.3 Å². The van der Waals surface area contributed by atoms with Crippen molar-refractivity contribution in [3.05, 3.63) is 22.4 Å². The number of amides is 2. The molecule has 120 valence electrons. The highest BCUT2D eigenvalue weighted by molar-refractivity contribution is 7.13. The van der Waals surface area contributed by atoms with Gasteiger partial charge in [-0.3, -0.25) is 14.4 Å². The molecule has 1 unspecified atom stereocenters. The number of ketones is 1. The predicted octanol–water partition coefficient (Wildman–Crippen LogP) is 0.810. The molecular weight excluding hydrogens is 304 g/mol. The summed E-state index contributed by atoms with van der Waals surface area (Å²) in [5, 5.41) is 13.4. The van der Waals surface area contributed by atoms with Gasteiger partial charge in [0.1, 0.15) is 6.04 Å². The maximum atomic E-state index is 12.4. The van der Waals surface area contributed by atoms with E-state index in [4.69, 9.17) is 0 Å². The van der Waals surface area contributed by atoms with E-state index in [0.717, 1.165) is 25.7 Å². The summed E-state index contributed by atoms with van der Waals surface area (Å²) in [5.41, 5.74) is 0. The Morgan fingerprint density at radius 1 is 1.23 bits per heavy atom. The lowest BCUT2D eigenvalue weighted by molar-refractivity contribution is -0.136. The number of likely N-dealkylation sites (tertiary alicyclic amines) is 1. The van der Waals surface area contributed by atoms with Crippen LogP contribution in [-0.4, -0.2) is 53.3 Å². The second kappa shape index (κ2) is 8.05. The molecule has 1 aliphatic rings. The third-order valence-electron chi connectivity index (χ3n) is 3.65. The van der Waals surface area contributed by atoms with Gasteiger partial charge < -0.3 is 15.3 Å². The number of rotatable bonds is 5. The molecule has 0 saturated carbocycles. The summed E-state index contributed by atoms with van der Waals surface area (Å²) in [6, 6.07) is 2.17. The van der Waals surface area contributed by atoms with E-state index in [1.54, 1.807) is 22.4 Å². The summed E-state index contributed by atoms with van der Waals surface area (Å²) in [4.78, 5) is 38.2. The molecule has 1 aromatic heterocycles. The van der Waals surface area contributed by atoms with Crippen molar-refractivity contribution in [3.8, 4) is 0 Å². The highest BCUT2D eigenvalue weighted by Crippen LogP contribution is 2.12. The van der Waals surface area contributed by atoms with Crippen molar-refractivity contribution in [1.29, 1.82) is 0 Å². The van der Waals surface area contributed by atoms with E-state index in [1.807, 2.05) is 0 Å². The van der Waals surface area contributed by atoms with E-state index in [0.29, 0.717) is 18.0 Å². The van der Waals surface area contributed by atoms with Crippen LogP contribution in [0.4, 0.5) is 0 Å². The second-order valence-electron chi connectivity index (χ2n) is 5.25. The Bertz CT molecular complexity index is 522. The van der Waals surface area contributed by atoms with E-state index >= 15 is 0 Å². The number of aliphatic hydroxyl groups is 1. The van der Waals surface area contributed by atoms with E-state index in [1.165, 1.54) is 11.3 Å². The highest BCUT2D eigenvalue weighted by Gasteiger charge is 2.28. The standard InChI is InChI=1S/C15H20N2O4S/c18-10-11(15(21)17-7-3-1-2-4-8-17)16-14(20)13(19)12-6-5-9-22-12/h5-6,9,11,18H,1-4,7-8,10H2,(H,16,20). The van der Waals surface area contributed by atoms with Crippen molar-refractivity contribution >= 4 is 28.9 Å². The van der Waals surface area contributed by atoms with Gasteiger partial charge in [-0.15, -0.1) is 11.3 Å². The fourth-order valence-electron chi connectivity index (χ4n) is 2.44. The molecule has 6 nitrogen and oxygen atoms in total. The molecule has 2 amide bonds. The monoisotopic (exact) mass is 324 g/mol. The first kappa shape index (κ1) is 16.6. The van der Waals surface area contributed by atoms with Crippen molar-refractivity contribution in [2.75, 3.05) is 19.7 Å². The lowest BCUT2D eigenvalue weighted by atomic mass is 10.2. The van der Waals surface area contributed by atoms with E-state index in [9.17, 15) is 19.5 Å². The number of Topliss-reactive ketones (excluding diaryl/α,β-unsaturated/α-hetero) is 1. The molecule has 1 aromatic rings. The molecule has 1 aliphatic heterocycles. The molecular formula is C15H20N2O4S. The van der Waals surface area contributed by atoms with E-state index < -0.39 is 24.3 Å². The van der Waals surface area contributed by atoms with Crippen LogP contribution in [0, 0.1) is 0 Å². The number of thiophene rings is 1. The first-order valence-electron chi connectivity index (χ1n) is 7.42. The van der Waals surface area contributed by atoms with Crippen LogP contribution in [0.3, 0.4) is 0 Å². The maximum Gasteiger partial charge on any atom is 0.293 e. The lowest BCUT2D eigenvalue weighted by Gasteiger charge is -2.25. The summed E-state index contributed by atoms with van der Waals surface area (Å²) >= 11 is 1.17. The first-order chi connectivity index (χ1) is 10.6. The van der Waals surface area contributed by atoms with Gasteiger partial charge >= 0.3 is 0 Å². The fourth-order valence-corrected chi connectivity index (χ4v) is 3.10. The number of hydrogen-bond donors (Lipinski definition) is 2. The smallest absolute Gasteiger partial charge is 0.293 e. The van der Waals surface area contributed by atoms with Crippen LogP contribution in [0.1, 0.15) is 35.4 Å². The Kier molecular flexibility index (Phi) is 6.09. The Balaban J connectivity index is 1.97. The van der Waals surface area contributed by atoms with Gasteiger partial charge in [-0.25, -0.2) is 0 Å². The van der Waals surface area contributed by atoms with E-state index in [-0.39, 0.29) is 5.91 Å². The van der Waals surface area contributed by atoms with Gasteiger partial charge in [0.25, 0.3) is 11.7 Å². The second-order valence-corrected chi connectivity index (χ2v) is 6.20. The Morgan fingerprint density at radius 2 is 1.91 bits per heavy atom. The first-order valence-corrected chi connectivity index (χ1v) is 8.30. The average Bonchev–Trinajstić information content (AvgIpc) is 2.93. The van der Waals surface area contributed by atoms with Gasteiger partial charge in [-0.2, -0.15) is 0 Å². The summed E-state index contributed by atoms with van der Waals surface area (Å²) in [5.74, 6) is -1.86. The van der Waals surface area contributed by atoms with Gasteiger partial charge in [0.2, 0.25) is 5.91 Å². The average molecular weight is 324 g/mol. The molecule has 22 heavy (non-hydrogen) atoms. The topological polar surface area (TPSA) is 86.7 Å². The molecule has 0 radical (unpaired) electrons. The number of nitrogens with one attached hydrogen (secondary N) is 1. The Labute approximate surface area is 133 Å². The molecule has 1 saturated heterocycles. The van der Waals surface area contributed by atoms with Crippen molar-refractivity contribution in [2.45, 2.75) is 31.7 Å². The number of carbonyl (C=O) groups is 3. The van der Waals surface area contributed by atoms with Crippen LogP contribution < -0.4 is 5.32 Å². The molecule has 1 atom stereocenters. The highest BCUT2D eigenvalue weighted by atomic mass is 32.1. The van der Waals surface area contributed by atoms with E-state index in [2.05, 4.69) is 5.32 Å². The number of hydrogen-bond acceptors (Lipinski definition) is 5. The number of aliphatic hydroxyl groups excluding tert-OH is 1. The third-order valence-corrected chi connectivity index (χ3v) is 4.52. The molecule has 2 rings (SSSR count). The van der Waals surface area contributed by atoms with Crippen molar-refractivity contribution in [2.24, 2.45) is 0 Å². The molecule has 0 aromatic carbocycles. The summed E-state index contributed by atoms with van der Waals surface area (Å²) in [7, 11) is 0. The number of nitrogens with zero attached hydrogens (tertiary/aromatic N) is 1. The molecule has 0 aliphatic carbocycles. The lowest BCUT2D eigenvalue weighted by Crippen LogP contribution is -2.52. The van der Waals surface area contributed by atoms with Crippen LogP contribution in [0.5, 0.6) is 0 Å². The zero-order chi connectivity index (χ0) is 15.9. The maximum absolute atomic E-state index is 12.4. The van der Waals surface area contributed by atoms with Gasteiger partial charge in [0.15, 0.2) is 0 Å². The third kappa shape index (κ3) is 4.14. The Morgan fingerprint density at radius 3 is 2.45 bits per heavy atom. The summed E-state index contributed by atoms with van der Waals surface area (Å²) in [6.07, 6.45) is 4.01. The minimum Gasteiger partial charge on any atom is -0.394 e. The van der Waals surface area contributed by atoms with Gasteiger partial charge in [0.05, 0.1) is 11.5 Å². The van der Waals surface area contributed by atoms with Crippen LogP contribution in [-0.2, 0) is 9.59 Å². The molecule has 7 heteroatoms. The van der Waals surface area contributed by atoms with Gasteiger partial charge in [0, 0.05) is 13.1 Å². The Hall–Kier alpha value is -1.73. The molecule has 2 heterocycles. The minimum absolute atomic E-state index is 0.316. The van der Waals surface area contributed by atoms with Crippen LogP contribution in [0.25, 0.3) is 0 Å². The SMILES string of the molecule is O=C(NC(CO)C(=O)N1CCCCCC1)C(=O)c1cccs1. The van der Waals surface area contributed by atoms with Gasteiger partial charge in [-0.1, -0.05) is 18.9 Å². The minimum atomic E-state index is -1.06. The molecule has 2 N–H and O–H groups in total. The number of carbonyl (C=O) groups excluding carboxylic acids is 3. The largest absolute Gasteiger partial charge is 0.394 e.